The molecule has 0 amide bonds. The van der Waals surface area contributed by atoms with Crippen LogP contribution >= 0.6 is 0 Å². The van der Waals surface area contributed by atoms with Crippen molar-refractivity contribution in [1.29, 1.82) is 0 Å². The zero-order valence-electron chi connectivity index (χ0n) is 12.0. The highest BCUT2D eigenvalue weighted by atomic mass is 16.4. The normalized spacial score (nSPS) is 11.2. The molecule has 0 saturated heterocycles. The van der Waals surface area contributed by atoms with Crippen molar-refractivity contribution in [1.82, 2.24) is 24.5 Å². The van der Waals surface area contributed by atoms with Gasteiger partial charge in [-0.1, -0.05) is 0 Å². The van der Waals surface area contributed by atoms with Crippen LogP contribution in [-0.2, 0) is 18.4 Å². The molecular weight excluding hydrogens is 270 g/mol. The predicted molar refractivity (Wildman–Crippen MR) is 76.8 cm³/mol. The minimum Gasteiger partial charge on any atom is -0.480 e. The van der Waals surface area contributed by atoms with Gasteiger partial charge in [0.2, 0.25) is 0 Å². The van der Waals surface area contributed by atoms with Gasteiger partial charge in [0.1, 0.15) is 6.54 Å². The Balaban J connectivity index is 2.28. The molecule has 0 aromatic carbocycles. The first-order chi connectivity index (χ1) is 9.99. The van der Waals surface area contributed by atoms with E-state index in [1.165, 1.54) is 4.68 Å². The van der Waals surface area contributed by atoms with Crippen LogP contribution in [0.1, 0.15) is 11.4 Å². The van der Waals surface area contributed by atoms with Crippen molar-refractivity contribution in [2.75, 3.05) is 0 Å². The van der Waals surface area contributed by atoms with Crippen molar-refractivity contribution >= 4 is 17.0 Å². The van der Waals surface area contributed by atoms with E-state index < -0.39 is 5.97 Å². The van der Waals surface area contributed by atoms with Gasteiger partial charge in [0, 0.05) is 29.9 Å². The molecule has 3 aromatic rings. The number of hydrogen-bond donors (Lipinski definition) is 1. The number of pyridine rings is 1. The first-order valence-electron chi connectivity index (χ1n) is 6.52. The van der Waals surface area contributed by atoms with Crippen LogP contribution in [0.2, 0.25) is 0 Å². The highest BCUT2D eigenvalue weighted by Crippen LogP contribution is 2.31. The number of fused-ring (bicyclic) bond motifs is 1. The molecular formula is C14H15N5O2. The molecule has 0 aliphatic carbocycles. The van der Waals surface area contributed by atoms with E-state index in [-0.39, 0.29) is 6.54 Å². The molecule has 0 saturated carbocycles. The van der Waals surface area contributed by atoms with Crippen LogP contribution in [0.15, 0.2) is 18.5 Å². The third-order valence-electron chi connectivity index (χ3n) is 3.62. The van der Waals surface area contributed by atoms with Crippen LogP contribution in [0.3, 0.4) is 0 Å². The molecule has 21 heavy (non-hydrogen) atoms. The Morgan fingerprint density at radius 1 is 1.33 bits per heavy atom. The summed E-state index contributed by atoms with van der Waals surface area (Å²) in [6, 6.07) is 1.91. The zero-order chi connectivity index (χ0) is 15.1. The second-order valence-corrected chi connectivity index (χ2v) is 4.96. The summed E-state index contributed by atoms with van der Waals surface area (Å²) in [6.07, 6.45) is 3.47. The minimum atomic E-state index is -0.941. The van der Waals surface area contributed by atoms with Crippen LogP contribution in [0.4, 0.5) is 0 Å². The molecule has 0 spiro atoms. The van der Waals surface area contributed by atoms with Gasteiger partial charge in [0.25, 0.3) is 0 Å². The maximum Gasteiger partial charge on any atom is 0.325 e. The number of carboxylic acids is 1. The van der Waals surface area contributed by atoms with E-state index in [9.17, 15) is 4.79 Å². The van der Waals surface area contributed by atoms with Gasteiger partial charge in [-0.05, 0) is 25.5 Å². The molecule has 3 aromatic heterocycles. The molecule has 7 heteroatoms. The summed E-state index contributed by atoms with van der Waals surface area (Å²) in [5.41, 5.74) is 4.35. The summed E-state index contributed by atoms with van der Waals surface area (Å²) >= 11 is 0. The molecule has 0 aliphatic rings. The molecule has 3 heterocycles. The van der Waals surface area contributed by atoms with E-state index in [4.69, 9.17) is 5.11 Å². The van der Waals surface area contributed by atoms with Crippen LogP contribution in [0.5, 0.6) is 0 Å². The smallest absolute Gasteiger partial charge is 0.325 e. The Morgan fingerprint density at radius 2 is 2.10 bits per heavy atom. The number of aliphatic carboxylic acids is 1. The molecule has 108 valence electrons. The number of carboxylic acid groups (broad SMARTS) is 1. The lowest BCUT2D eigenvalue weighted by atomic mass is 10.0. The molecule has 0 atom stereocenters. The summed E-state index contributed by atoms with van der Waals surface area (Å²) in [6.45, 7) is 3.65. The van der Waals surface area contributed by atoms with Crippen molar-refractivity contribution < 1.29 is 9.90 Å². The lowest BCUT2D eigenvalue weighted by molar-refractivity contribution is -0.137. The molecule has 0 unspecified atom stereocenters. The van der Waals surface area contributed by atoms with Gasteiger partial charge in [0.15, 0.2) is 5.65 Å². The highest BCUT2D eigenvalue weighted by Gasteiger charge is 2.17. The fourth-order valence-corrected chi connectivity index (χ4v) is 2.51. The number of rotatable bonds is 3. The Hall–Kier alpha value is -2.70. The summed E-state index contributed by atoms with van der Waals surface area (Å²) < 4.78 is 3.22. The lowest BCUT2D eigenvalue weighted by Gasteiger charge is -2.04. The van der Waals surface area contributed by atoms with E-state index in [0.717, 1.165) is 27.9 Å². The first kappa shape index (κ1) is 13.3. The number of hydrogen-bond acceptors (Lipinski definition) is 4. The molecule has 0 bridgehead atoms. The fraction of sp³-hybridized carbons (Fsp3) is 0.286. The Bertz CT molecular complexity index is 847. The van der Waals surface area contributed by atoms with Crippen molar-refractivity contribution in [3.63, 3.8) is 0 Å². The van der Waals surface area contributed by atoms with E-state index >= 15 is 0 Å². The van der Waals surface area contributed by atoms with Crippen molar-refractivity contribution in [3.05, 3.63) is 29.8 Å². The maximum absolute atomic E-state index is 10.9. The van der Waals surface area contributed by atoms with Gasteiger partial charge in [-0.3, -0.25) is 9.48 Å². The van der Waals surface area contributed by atoms with Crippen LogP contribution in [-0.4, -0.2) is 35.6 Å². The van der Waals surface area contributed by atoms with Crippen LogP contribution in [0, 0.1) is 13.8 Å². The third kappa shape index (κ3) is 2.06. The zero-order valence-corrected chi connectivity index (χ0v) is 12.0. The summed E-state index contributed by atoms with van der Waals surface area (Å²) in [5.74, 6) is -0.941. The molecule has 3 rings (SSSR count). The summed E-state index contributed by atoms with van der Waals surface area (Å²) in [7, 11) is 1.89. The number of carbonyl (C=O) groups is 1. The third-order valence-corrected chi connectivity index (χ3v) is 3.62. The Labute approximate surface area is 120 Å². The topological polar surface area (TPSA) is 85.8 Å². The second kappa shape index (κ2) is 4.69. The molecule has 7 nitrogen and oxygen atoms in total. The van der Waals surface area contributed by atoms with Gasteiger partial charge in [0.05, 0.1) is 11.9 Å². The SMILES string of the molecule is Cc1nn(CC(=O)O)c2nccc(-c3cnn(C)c3C)c12. The molecule has 0 fully saturated rings. The van der Waals surface area contributed by atoms with E-state index in [0.29, 0.717) is 5.65 Å². The van der Waals surface area contributed by atoms with E-state index in [1.807, 2.05) is 27.0 Å². The van der Waals surface area contributed by atoms with Crippen molar-refractivity contribution in [2.24, 2.45) is 7.05 Å². The maximum atomic E-state index is 10.9. The largest absolute Gasteiger partial charge is 0.480 e. The standard InChI is InChI=1S/C14H15N5O2/c1-8-13-10(11-6-16-18(3)9(11)2)4-5-15-14(13)19(17-8)7-12(20)21/h4-6H,7H2,1-3H3,(H,20,21). The monoisotopic (exact) mass is 285 g/mol. The predicted octanol–water partition coefficient (Wildman–Crippen LogP) is 1.53. The number of aryl methyl sites for hydroxylation is 2. The molecule has 1 N–H and O–H groups in total. The van der Waals surface area contributed by atoms with Crippen LogP contribution < -0.4 is 0 Å². The molecule has 0 radical (unpaired) electrons. The quantitative estimate of drug-likeness (QED) is 0.788. The van der Waals surface area contributed by atoms with Gasteiger partial charge in [-0.15, -0.1) is 0 Å². The minimum absolute atomic E-state index is 0.202. The number of aromatic nitrogens is 5. The average Bonchev–Trinajstić information content (AvgIpc) is 2.92. The summed E-state index contributed by atoms with van der Waals surface area (Å²) in [5, 5.41) is 18.4. The van der Waals surface area contributed by atoms with Crippen molar-refractivity contribution in [2.45, 2.75) is 20.4 Å². The van der Waals surface area contributed by atoms with Crippen LogP contribution in [0.25, 0.3) is 22.2 Å². The first-order valence-corrected chi connectivity index (χ1v) is 6.52. The fourth-order valence-electron chi connectivity index (χ4n) is 2.51. The Morgan fingerprint density at radius 3 is 2.71 bits per heavy atom. The lowest BCUT2D eigenvalue weighted by Crippen LogP contribution is -2.10. The van der Waals surface area contributed by atoms with E-state index in [2.05, 4.69) is 15.2 Å². The number of nitrogens with zero attached hydrogens (tertiary/aromatic N) is 5. The average molecular weight is 285 g/mol. The second-order valence-electron chi connectivity index (χ2n) is 4.96. The van der Waals surface area contributed by atoms with Gasteiger partial charge in [-0.2, -0.15) is 10.2 Å². The Kier molecular flexibility index (Phi) is 2.97. The molecule has 0 aliphatic heterocycles. The van der Waals surface area contributed by atoms with E-state index in [1.54, 1.807) is 17.1 Å². The van der Waals surface area contributed by atoms with Crippen molar-refractivity contribution in [3.8, 4) is 11.1 Å². The highest BCUT2D eigenvalue weighted by molar-refractivity contribution is 5.95. The van der Waals surface area contributed by atoms with Gasteiger partial charge in [-0.25, -0.2) is 9.67 Å². The summed E-state index contributed by atoms with van der Waals surface area (Å²) in [4.78, 5) is 15.2. The van der Waals surface area contributed by atoms with Gasteiger partial charge < -0.3 is 5.11 Å². The van der Waals surface area contributed by atoms with Gasteiger partial charge >= 0.3 is 5.97 Å².